The molecule has 1 aromatic carbocycles. The van der Waals surface area contributed by atoms with Crippen molar-refractivity contribution in [3.05, 3.63) is 41.5 Å². The van der Waals surface area contributed by atoms with Crippen LogP contribution in [0.2, 0.25) is 0 Å². The fourth-order valence-electron chi connectivity index (χ4n) is 1.77. The summed E-state index contributed by atoms with van der Waals surface area (Å²) in [6.07, 6.45) is 1.77. The van der Waals surface area contributed by atoms with E-state index < -0.39 is 0 Å². The van der Waals surface area contributed by atoms with Crippen molar-refractivity contribution in [3.8, 4) is 5.75 Å². The number of nitrogens with one attached hydrogen (secondary N) is 1. The Balaban J connectivity index is 0.00000220. The number of likely N-dealkylation sites (N-methyl/N-ethyl adjacent to an activating group) is 1. The normalized spacial score (nSPS) is 11.8. The van der Waals surface area contributed by atoms with Gasteiger partial charge in [-0.2, -0.15) is 4.98 Å². The molecule has 0 aliphatic carbocycles. The molecular formula is C15H22ClN3O2. The van der Waals surface area contributed by atoms with E-state index >= 15 is 0 Å². The van der Waals surface area contributed by atoms with Crippen molar-refractivity contribution in [1.82, 2.24) is 15.5 Å². The molecule has 0 aliphatic rings. The molecule has 21 heavy (non-hydrogen) atoms. The van der Waals surface area contributed by atoms with Crippen molar-refractivity contribution < 1.29 is 9.26 Å². The SMILES string of the molecule is CCc1ccc(OCc2nc(CC(C)NC)no2)cc1.Cl. The molecule has 1 heterocycles. The van der Waals surface area contributed by atoms with E-state index in [1.54, 1.807) is 0 Å². The summed E-state index contributed by atoms with van der Waals surface area (Å²) in [6, 6.07) is 8.35. The molecule has 6 heteroatoms. The summed E-state index contributed by atoms with van der Waals surface area (Å²) >= 11 is 0. The lowest BCUT2D eigenvalue weighted by molar-refractivity contribution is 0.242. The second-order valence-corrected chi connectivity index (χ2v) is 4.78. The van der Waals surface area contributed by atoms with Gasteiger partial charge in [0.05, 0.1) is 0 Å². The van der Waals surface area contributed by atoms with Crippen LogP contribution in [0.25, 0.3) is 0 Å². The van der Waals surface area contributed by atoms with Gasteiger partial charge in [-0.1, -0.05) is 24.2 Å². The Kier molecular flexibility index (Phi) is 7.19. The topological polar surface area (TPSA) is 60.2 Å². The number of hydrogen-bond acceptors (Lipinski definition) is 5. The van der Waals surface area contributed by atoms with Crippen molar-refractivity contribution in [2.45, 2.75) is 39.3 Å². The van der Waals surface area contributed by atoms with Crippen LogP contribution in [0.15, 0.2) is 28.8 Å². The van der Waals surface area contributed by atoms with Gasteiger partial charge in [-0.05, 0) is 38.1 Å². The van der Waals surface area contributed by atoms with E-state index in [0.717, 1.165) is 18.6 Å². The Morgan fingerprint density at radius 3 is 2.62 bits per heavy atom. The first-order valence-electron chi connectivity index (χ1n) is 6.91. The van der Waals surface area contributed by atoms with E-state index in [1.165, 1.54) is 5.56 Å². The highest BCUT2D eigenvalue weighted by Gasteiger charge is 2.09. The Labute approximate surface area is 131 Å². The average Bonchev–Trinajstić information content (AvgIpc) is 2.93. The second kappa shape index (κ2) is 8.64. The highest BCUT2D eigenvalue weighted by Crippen LogP contribution is 2.14. The number of nitrogens with zero attached hydrogens (tertiary/aromatic N) is 2. The number of ether oxygens (including phenoxy) is 1. The Morgan fingerprint density at radius 1 is 1.29 bits per heavy atom. The van der Waals surface area contributed by atoms with Crippen molar-refractivity contribution in [2.24, 2.45) is 0 Å². The van der Waals surface area contributed by atoms with Crippen molar-refractivity contribution in [1.29, 1.82) is 0 Å². The van der Waals surface area contributed by atoms with Gasteiger partial charge in [0, 0.05) is 12.5 Å². The lowest BCUT2D eigenvalue weighted by Crippen LogP contribution is -2.24. The average molecular weight is 312 g/mol. The molecule has 0 radical (unpaired) electrons. The van der Waals surface area contributed by atoms with Gasteiger partial charge < -0.3 is 14.6 Å². The van der Waals surface area contributed by atoms with Crippen molar-refractivity contribution >= 4 is 12.4 Å². The molecule has 0 amide bonds. The zero-order chi connectivity index (χ0) is 14.4. The molecule has 116 valence electrons. The Morgan fingerprint density at radius 2 is 2.00 bits per heavy atom. The van der Waals surface area contributed by atoms with Crippen LogP contribution < -0.4 is 10.1 Å². The van der Waals surface area contributed by atoms with Crippen LogP contribution in [-0.4, -0.2) is 23.2 Å². The van der Waals surface area contributed by atoms with Crippen LogP contribution in [0.5, 0.6) is 5.75 Å². The molecule has 0 saturated heterocycles. The van der Waals surface area contributed by atoms with Gasteiger partial charge in [0.2, 0.25) is 0 Å². The van der Waals surface area contributed by atoms with Crippen LogP contribution in [0.4, 0.5) is 0 Å². The van der Waals surface area contributed by atoms with E-state index in [0.29, 0.717) is 24.4 Å². The molecule has 2 rings (SSSR count). The van der Waals surface area contributed by atoms with Crippen LogP contribution in [0.3, 0.4) is 0 Å². The molecule has 0 bridgehead atoms. The first kappa shape index (κ1) is 17.5. The molecule has 0 aliphatic heterocycles. The second-order valence-electron chi connectivity index (χ2n) is 4.78. The van der Waals surface area contributed by atoms with Gasteiger partial charge in [0.25, 0.3) is 5.89 Å². The summed E-state index contributed by atoms with van der Waals surface area (Å²) in [6.45, 7) is 4.50. The molecule has 1 unspecified atom stereocenters. The van der Waals surface area contributed by atoms with Crippen LogP contribution in [-0.2, 0) is 19.4 Å². The van der Waals surface area contributed by atoms with Crippen molar-refractivity contribution in [3.63, 3.8) is 0 Å². The lowest BCUT2D eigenvalue weighted by atomic mass is 10.2. The number of aryl methyl sites for hydroxylation is 1. The predicted molar refractivity (Wildman–Crippen MR) is 83.9 cm³/mol. The molecule has 1 atom stereocenters. The summed E-state index contributed by atoms with van der Waals surface area (Å²) in [5.41, 5.74) is 1.29. The van der Waals surface area contributed by atoms with Gasteiger partial charge in [-0.25, -0.2) is 0 Å². The number of rotatable bonds is 7. The minimum absolute atomic E-state index is 0. The third-order valence-electron chi connectivity index (χ3n) is 3.19. The first-order chi connectivity index (χ1) is 9.71. The first-order valence-corrected chi connectivity index (χ1v) is 6.91. The summed E-state index contributed by atoms with van der Waals surface area (Å²) in [7, 11) is 1.91. The van der Waals surface area contributed by atoms with E-state index in [-0.39, 0.29) is 12.4 Å². The molecule has 0 saturated carbocycles. The fourth-order valence-corrected chi connectivity index (χ4v) is 1.77. The van der Waals surface area contributed by atoms with E-state index in [1.807, 2.05) is 19.2 Å². The highest BCUT2D eigenvalue weighted by atomic mass is 35.5. The minimum atomic E-state index is 0. The maximum Gasteiger partial charge on any atom is 0.264 e. The number of benzene rings is 1. The summed E-state index contributed by atoms with van der Waals surface area (Å²) < 4.78 is 10.8. The third kappa shape index (κ3) is 5.36. The molecule has 2 aromatic rings. The highest BCUT2D eigenvalue weighted by molar-refractivity contribution is 5.85. The monoisotopic (exact) mass is 311 g/mol. The van der Waals surface area contributed by atoms with Crippen LogP contribution >= 0.6 is 12.4 Å². The maximum absolute atomic E-state index is 5.62. The summed E-state index contributed by atoms with van der Waals surface area (Å²) in [5, 5.41) is 7.08. The van der Waals surface area contributed by atoms with Gasteiger partial charge >= 0.3 is 0 Å². The van der Waals surface area contributed by atoms with Crippen LogP contribution in [0.1, 0.15) is 31.1 Å². The van der Waals surface area contributed by atoms with Crippen molar-refractivity contribution in [2.75, 3.05) is 7.05 Å². The largest absolute Gasteiger partial charge is 0.484 e. The van der Waals surface area contributed by atoms with Gasteiger partial charge in [-0.3, -0.25) is 0 Å². The molecule has 1 aromatic heterocycles. The van der Waals surface area contributed by atoms with Crippen LogP contribution in [0, 0.1) is 0 Å². The Hall–Kier alpha value is -1.59. The zero-order valence-electron chi connectivity index (χ0n) is 12.6. The summed E-state index contributed by atoms with van der Waals surface area (Å²) in [5.74, 6) is 2.01. The minimum Gasteiger partial charge on any atom is -0.484 e. The third-order valence-corrected chi connectivity index (χ3v) is 3.19. The standard InChI is InChI=1S/C15H21N3O2.ClH/c1-4-12-5-7-13(8-6-12)19-10-15-17-14(18-20-15)9-11(2)16-3;/h5-8,11,16H,4,9-10H2,1-3H3;1H. The number of halogens is 1. The molecular weight excluding hydrogens is 290 g/mol. The molecule has 5 nitrogen and oxygen atoms in total. The van der Waals surface area contributed by atoms with E-state index in [9.17, 15) is 0 Å². The van der Waals surface area contributed by atoms with E-state index in [2.05, 4.69) is 41.4 Å². The number of aromatic nitrogens is 2. The molecule has 0 spiro atoms. The quantitative estimate of drug-likeness (QED) is 0.852. The van der Waals surface area contributed by atoms with Gasteiger partial charge in [-0.15, -0.1) is 12.4 Å². The Bertz CT molecular complexity index is 528. The number of hydrogen-bond donors (Lipinski definition) is 1. The summed E-state index contributed by atoms with van der Waals surface area (Å²) in [4.78, 5) is 4.30. The lowest BCUT2D eigenvalue weighted by Gasteiger charge is -2.05. The molecule has 1 N–H and O–H groups in total. The molecule has 0 fully saturated rings. The maximum atomic E-state index is 5.62. The van der Waals surface area contributed by atoms with Gasteiger partial charge in [0.1, 0.15) is 5.75 Å². The van der Waals surface area contributed by atoms with E-state index in [4.69, 9.17) is 9.26 Å². The smallest absolute Gasteiger partial charge is 0.264 e. The predicted octanol–water partition coefficient (Wildman–Crippen LogP) is 2.78. The fraction of sp³-hybridized carbons (Fsp3) is 0.467. The zero-order valence-corrected chi connectivity index (χ0v) is 13.4. The van der Waals surface area contributed by atoms with Gasteiger partial charge in [0.15, 0.2) is 12.4 Å².